The first-order chi connectivity index (χ1) is 11.1. The minimum Gasteiger partial charge on any atom is -0.456 e. The highest BCUT2D eigenvalue weighted by atomic mass is 127. The Kier molecular flexibility index (Phi) is 5.03. The molecule has 5 heteroatoms. The van der Waals surface area contributed by atoms with E-state index >= 15 is 0 Å². The van der Waals surface area contributed by atoms with E-state index in [1.165, 1.54) is 0 Å². The number of hydrogen-bond acceptors (Lipinski definition) is 3. The van der Waals surface area contributed by atoms with Crippen molar-refractivity contribution in [3.63, 3.8) is 0 Å². The normalized spacial score (nSPS) is 10.5. The molecule has 0 unspecified atom stereocenters. The third-order valence-electron chi connectivity index (χ3n) is 3.28. The van der Waals surface area contributed by atoms with Crippen LogP contribution in [0.15, 0.2) is 60.8 Å². The molecule has 0 saturated heterocycles. The van der Waals surface area contributed by atoms with Gasteiger partial charge in [-0.3, -0.25) is 0 Å². The minimum absolute atomic E-state index is 0.529. The van der Waals surface area contributed by atoms with Crippen LogP contribution in [0, 0.1) is 3.57 Å². The highest BCUT2D eigenvalue weighted by Gasteiger charge is 2.06. The van der Waals surface area contributed by atoms with Crippen molar-refractivity contribution in [3.8, 4) is 11.5 Å². The molecular formula is C18H14ClIN2O. The number of hydrogen-bond donors (Lipinski definition) is 1. The van der Waals surface area contributed by atoms with Gasteiger partial charge in [-0.05, 0) is 76.5 Å². The van der Waals surface area contributed by atoms with Gasteiger partial charge in [-0.15, -0.1) is 0 Å². The van der Waals surface area contributed by atoms with E-state index in [0.29, 0.717) is 10.8 Å². The molecule has 0 bridgehead atoms. The predicted octanol–water partition coefficient (Wildman–Crippen LogP) is 5.30. The Morgan fingerprint density at radius 1 is 1.04 bits per heavy atom. The summed E-state index contributed by atoms with van der Waals surface area (Å²) < 4.78 is 7.00. The maximum absolute atomic E-state index is 6.00. The van der Waals surface area contributed by atoms with Gasteiger partial charge in [-0.1, -0.05) is 29.8 Å². The van der Waals surface area contributed by atoms with Crippen LogP contribution >= 0.6 is 34.2 Å². The van der Waals surface area contributed by atoms with Gasteiger partial charge < -0.3 is 10.5 Å². The Balaban J connectivity index is 1.82. The van der Waals surface area contributed by atoms with Crippen LogP contribution in [0.3, 0.4) is 0 Å². The lowest BCUT2D eigenvalue weighted by molar-refractivity contribution is 0.478. The molecule has 3 nitrogen and oxygen atoms in total. The van der Waals surface area contributed by atoms with E-state index in [1.54, 1.807) is 12.3 Å². The maximum Gasteiger partial charge on any atom is 0.141 e. The van der Waals surface area contributed by atoms with Crippen molar-refractivity contribution in [1.82, 2.24) is 4.98 Å². The fraction of sp³-hybridized carbons (Fsp3) is 0.0556. The van der Waals surface area contributed by atoms with Crippen LogP contribution in [0.5, 0.6) is 11.5 Å². The van der Waals surface area contributed by atoms with Gasteiger partial charge in [0.2, 0.25) is 0 Å². The number of rotatable bonds is 4. The molecule has 0 amide bonds. The summed E-state index contributed by atoms with van der Waals surface area (Å²) in [5.41, 5.74) is 7.87. The number of anilines is 1. The van der Waals surface area contributed by atoms with Gasteiger partial charge >= 0.3 is 0 Å². The van der Waals surface area contributed by atoms with Crippen LogP contribution in [0.1, 0.15) is 11.1 Å². The molecule has 0 radical (unpaired) electrons. The lowest BCUT2D eigenvalue weighted by Gasteiger charge is -2.10. The van der Waals surface area contributed by atoms with Gasteiger partial charge in [0.1, 0.15) is 17.3 Å². The third kappa shape index (κ3) is 4.36. The van der Waals surface area contributed by atoms with E-state index < -0.39 is 0 Å². The molecule has 0 aliphatic heterocycles. The van der Waals surface area contributed by atoms with Gasteiger partial charge in [-0.25, -0.2) is 4.98 Å². The molecule has 0 saturated carbocycles. The number of nitrogens with zero attached hydrogens (tertiary/aromatic N) is 1. The van der Waals surface area contributed by atoms with Crippen molar-refractivity contribution in [3.05, 3.63) is 80.5 Å². The fourth-order valence-electron chi connectivity index (χ4n) is 2.17. The second-order valence-corrected chi connectivity index (χ2v) is 6.69. The first-order valence-corrected chi connectivity index (χ1v) is 8.48. The maximum atomic E-state index is 6.00. The van der Waals surface area contributed by atoms with Crippen LogP contribution < -0.4 is 10.5 Å². The molecule has 2 aromatic carbocycles. The number of nitrogen functional groups attached to an aromatic ring is 1. The van der Waals surface area contributed by atoms with E-state index in [0.717, 1.165) is 32.6 Å². The van der Waals surface area contributed by atoms with Crippen molar-refractivity contribution in [2.24, 2.45) is 0 Å². The smallest absolute Gasteiger partial charge is 0.141 e. The minimum atomic E-state index is 0.529. The molecule has 23 heavy (non-hydrogen) atoms. The molecule has 0 fully saturated rings. The van der Waals surface area contributed by atoms with Gasteiger partial charge in [0.05, 0.1) is 3.57 Å². The van der Waals surface area contributed by atoms with Crippen LogP contribution in [-0.4, -0.2) is 4.98 Å². The molecule has 1 aromatic heterocycles. The average molecular weight is 437 g/mol. The number of nitrogens with two attached hydrogens (primary N) is 1. The van der Waals surface area contributed by atoms with Crippen LogP contribution in [-0.2, 0) is 6.42 Å². The summed E-state index contributed by atoms with van der Waals surface area (Å²) in [7, 11) is 0. The largest absolute Gasteiger partial charge is 0.456 e. The molecule has 0 aliphatic carbocycles. The van der Waals surface area contributed by atoms with Crippen LogP contribution in [0.25, 0.3) is 0 Å². The second-order valence-electron chi connectivity index (χ2n) is 5.09. The number of benzene rings is 2. The molecule has 0 aliphatic rings. The highest BCUT2D eigenvalue weighted by molar-refractivity contribution is 14.1. The molecule has 2 N–H and O–H groups in total. The quantitative estimate of drug-likeness (QED) is 0.564. The summed E-state index contributed by atoms with van der Waals surface area (Å²) >= 11 is 8.26. The molecule has 116 valence electrons. The predicted molar refractivity (Wildman–Crippen MR) is 102 cm³/mol. The van der Waals surface area contributed by atoms with E-state index in [4.69, 9.17) is 22.1 Å². The lowest BCUT2D eigenvalue weighted by Crippen LogP contribution is -1.95. The Labute approximate surface area is 153 Å². The highest BCUT2D eigenvalue weighted by Crippen LogP contribution is 2.29. The van der Waals surface area contributed by atoms with Crippen molar-refractivity contribution < 1.29 is 4.74 Å². The van der Waals surface area contributed by atoms with Crippen molar-refractivity contribution in [2.75, 3.05) is 5.73 Å². The molecular weight excluding hydrogens is 423 g/mol. The zero-order valence-electron chi connectivity index (χ0n) is 12.2. The third-order valence-corrected chi connectivity index (χ3v) is 4.40. The number of halogens is 2. The van der Waals surface area contributed by atoms with Crippen molar-refractivity contribution in [2.45, 2.75) is 6.42 Å². The molecule has 3 rings (SSSR count). The number of ether oxygens (including phenoxy) is 1. The topological polar surface area (TPSA) is 48.1 Å². The summed E-state index contributed by atoms with van der Waals surface area (Å²) in [4.78, 5) is 4.12. The lowest BCUT2D eigenvalue weighted by atomic mass is 10.1. The Morgan fingerprint density at radius 3 is 2.61 bits per heavy atom. The molecule has 3 aromatic rings. The Morgan fingerprint density at radius 2 is 1.87 bits per heavy atom. The van der Waals surface area contributed by atoms with Gasteiger partial charge in [-0.2, -0.15) is 0 Å². The number of aromatic nitrogens is 1. The zero-order valence-corrected chi connectivity index (χ0v) is 15.1. The SMILES string of the molecule is Nc1ccc(Cc2ccc(I)c(Oc3cccc(Cl)c3)c2)cn1. The van der Waals surface area contributed by atoms with Crippen LogP contribution in [0.4, 0.5) is 5.82 Å². The Bertz CT molecular complexity index is 822. The van der Waals surface area contributed by atoms with Crippen molar-refractivity contribution in [1.29, 1.82) is 0 Å². The summed E-state index contributed by atoms with van der Waals surface area (Å²) in [5, 5.41) is 0.654. The van der Waals surface area contributed by atoms with Crippen LogP contribution in [0.2, 0.25) is 5.02 Å². The molecule has 0 atom stereocenters. The van der Waals surface area contributed by atoms with Gasteiger partial charge in [0.15, 0.2) is 0 Å². The average Bonchev–Trinajstić information content (AvgIpc) is 2.53. The van der Waals surface area contributed by atoms with E-state index in [1.807, 2.05) is 42.5 Å². The first kappa shape index (κ1) is 16.1. The summed E-state index contributed by atoms with van der Waals surface area (Å²) in [5.74, 6) is 2.07. The molecule has 0 spiro atoms. The zero-order chi connectivity index (χ0) is 16.2. The number of pyridine rings is 1. The monoisotopic (exact) mass is 436 g/mol. The summed E-state index contributed by atoms with van der Waals surface area (Å²) in [6.07, 6.45) is 2.57. The Hall–Kier alpha value is -1.79. The second kappa shape index (κ2) is 7.19. The standard InChI is InChI=1S/C18H14ClIN2O/c19-14-2-1-3-15(10-14)23-17-9-12(4-6-16(17)20)8-13-5-7-18(21)22-11-13/h1-7,9-11H,8H2,(H2,21,22). The summed E-state index contributed by atoms with van der Waals surface area (Å²) in [6, 6.07) is 17.3. The van der Waals surface area contributed by atoms with Crippen molar-refractivity contribution >= 4 is 40.0 Å². The first-order valence-electron chi connectivity index (χ1n) is 7.02. The van der Waals surface area contributed by atoms with Gasteiger partial charge in [0, 0.05) is 11.2 Å². The van der Waals surface area contributed by atoms with E-state index in [-0.39, 0.29) is 0 Å². The van der Waals surface area contributed by atoms with Gasteiger partial charge in [0.25, 0.3) is 0 Å². The fourth-order valence-corrected chi connectivity index (χ4v) is 2.80. The van der Waals surface area contributed by atoms with E-state index in [2.05, 4.69) is 33.6 Å². The molecule has 1 heterocycles. The summed E-state index contributed by atoms with van der Waals surface area (Å²) in [6.45, 7) is 0. The van der Waals surface area contributed by atoms with E-state index in [9.17, 15) is 0 Å².